The van der Waals surface area contributed by atoms with E-state index in [2.05, 4.69) is 22.2 Å². The Kier molecular flexibility index (Phi) is 6.93. The third-order valence-corrected chi connectivity index (χ3v) is 4.96. The van der Waals surface area contributed by atoms with Gasteiger partial charge in [-0.15, -0.1) is 0 Å². The van der Waals surface area contributed by atoms with Crippen LogP contribution in [-0.4, -0.2) is 35.1 Å². The van der Waals surface area contributed by atoms with Crippen molar-refractivity contribution >= 4 is 5.91 Å². The average molecular weight is 367 g/mol. The summed E-state index contributed by atoms with van der Waals surface area (Å²) < 4.78 is 5.62. The monoisotopic (exact) mass is 367 g/mol. The predicted molar refractivity (Wildman–Crippen MR) is 107 cm³/mol. The Morgan fingerprint density at radius 2 is 2.04 bits per heavy atom. The second kappa shape index (κ2) is 9.60. The van der Waals surface area contributed by atoms with Crippen molar-refractivity contribution in [1.29, 1.82) is 0 Å². The van der Waals surface area contributed by atoms with E-state index in [1.54, 1.807) is 0 Å². The largest absolute Gasteiger partial charge is 0.378 e. The van der Waals surface area contributed by atoms with Crippen LogP contribution < -0.4 is 5.32 Å². The number of nitrogens with zero attached hydrogens (tertiary/aromatic N) is 2. The Hall–Kier alpha value is -2.27. The van der Waals surface area contributed by atoms with Crippen molar-refractivity contribution in [3.8, 4) is 11.3 Å². The molecule has 1 N–H and O–H groups in total. The van der Waals surface area contributed by atoms with Gasteiger partial charge in [-0.05, 0) is 63.6 Å². The van der Waals surface area contributed by atoms with Crippen molar-refractivity contribution in [2.45, 2.75) is 58.5 Å². The molecular formula is C22H29N3O2. The first-order valence-corrected chi connectivity index (χ1v) is 10.0. The molecule has 1 aromatic heterocycles. The number of aryl methyl sites for hydroxylation is 2. The summed E-state index contributed by atoms with van der Waals surface area (Å²) in [5, 5.41) is 3.01. The van der Waals surface area contributed by atoms with Gasteiger partial charge in [0.25, 0.3) is 5.91 Å². The number of nitrogens with one attached hydrogen (secondary N) is 1. The van der Waals surface area contributed by atoms with Crippen LogP contribution in [0.4, 0.5) is 0 Å². The van der Waals surface area contributed by atoms with E-state index in [1.807, 2.05) is 37.3 Å². The van der Waals surface area contributed by atoms with E-state index < -0.39 is 0 Å². The molecule has 1 atom stereocenters. The van der Waals surface area contributed by atoms with Crippen molar-refractivity contribution in [1.82, 2.24) is 15.3 Å². The van der Waals surface area contributed by atoms with E-state index in [0.29, 0.717) is 18.2 Å². The van der Waals surface area contributed by atoms with Gasteiger partial charge < -0.3 is 10.1 Å². The van der Waals surface area contributed by atoms with E-state index in [4.69, 9.17) is 4.74 Å². The second-order valence-corrected chi connectivity index (χ2v) is 7.11. The molecule has 27 heavy (non-hydrogen) atoms. The molecule has 1 fully saturated rings. The van der Waals surface area contributed by atoms with Gasteiger partial charge in [0.15, 0.2) is 0 Å². The van der Waals surface area contributed by atoms with Gasteiger partial charge in [-0.1, -0.05) is 19.1 Å². The number of hydrogen-bond acceptors (Lipinski definition) is 4. The Balaban J connectivity index is 1.49. The number of benzene rings is 1. The van der Waals surface area contributed by atoms with Crippen LogP contribution in [0.5, 0.6) is 0 Å². The minimum Gasteiger partial charge on any atom is -0.378 e. The van der Waals surface area contributed by atoms with Crippen LogP contribution in [0.2, 0.25) is 0 Å². The molecule has 0 bridgehead atoms. The van der Waals surface area contributed by atoms with Crippen molar-refractivity contribution < 1.29 is 9.53 Å². The number of amides is 1. The third-order valence-electron chi connectivity index (χ3n) is 4.96. The molecule has 1 aromatic carbocycles. The van der Waals surface area contributed by atoms with Gasteiger partial charge in [0.05, 0.1) is 11.8 Å². The number of ether oxygens (including phenoxy) is 1. The maximum atomic E-state index is 12.3. The molecule has 5 heteroatoms. The van der Waals surface area contributed by atoms with Crippen LogP contribution >= 0.6 is 0 Å². The molecule has 0 saturated carbocycles. The van der Waals surface area contributed by atoms with Crippen LogP contribution in [-0.2, 0) is 11.2 Å². The van der Waals surface area contributed by atoms with Crippen LogP contribution in [0, 0.1) is 6.92 Å². The minimum absolute atomic E-state index is 0.0215. The summed E-state index contributed by atoms with van der Waals surface area (Å²) in [4.78, 5) is 21.2. The number of hydrogen-bond donors (Lipinski definition) is 1. The standard InChI is InChI=1S/C22H29N3O2/c1-3-19-15-21(25-16(2)24-19)17-9-11-18(12-10-17)22(26)23-13-5-4-7-20-8-6-14-27-20/h9-12,15,20H,3-8,13-14H2,1-2H3,(H,23,26)/t20-/m1/s1. The first kappa shape index (κ1) is 19.5. The van der Waals surface area contributed by atoms with Gasteiger partial charge in [-0.2, -0.15) is 0 Å². The van der Waals surface area contributed by atoms with E-state index >= 15 is 0 Å². The Morgan fingerprint density at radius 1 is 1.22 bits per heavy atom. The summed E-state index contributed by atoms with van der Waals surface area (Å²) in [6.07, 6.45) is 6.87. The lowest BCUT2D eigenvalue weighted by Gasteiger charge is -2.09. The van der Waals surface area contributed by atoms with Gasteiger partial charge in [0.2, 0.25) is 0 Å². The van der Waals surface area contributed by atoms with Gasteiger partial charge in [0.1, 0.15) is 5.82 Å². The van der Waals surface area contributed by atoms with Crippen LogP contribution in [0.1, 0.15) is 60.9 Å². The maximum Gasteiger partial charge on any atom is 0.251 e. The number of aromatic nitrogens is 2. The van der Waals surface area contributed by atoms with Crippen molar-refractivity contribution in [3.63, 3.8) is 0 Å². The maximum absolute atomic E-state index is 12.3. The van der Waals surface area contributed by atoms with Crippen LogP contribution in [0.25, 0.3) is 11.3 Å². The lowest BCUT2D eigenvalue weighted by molar-refractivity contribution is 0.0947. The van der Waals surface area contributed by atoms with Crippen molar-refractivity contribution in [2.24, 2.45) is 0 Å². The van der Waals surface area contributed by atoms with E-state index in [1.165, 1.54) is 12.8 Å². The number of rotatable bonds is 8. The lowest BCUT2D eigenvalue weighted by atomic mass is 10.1. The molecule has 1 aliphatic rings. The zero-order valence-corrected chi connectivity index (χ0v) is 16.3. The van der Waals surface area contributed by atoms with Gasteiger partial charge in [-0.25, -0.2) is 9.97 Å². The highest BCUT2D eigenvalue weighted by Gasteiger charge is 2.14. The summed E-state index contributed by atoms with van der Waals surface area (Å²) in [6, 6.07) is 9.64. The minimum atomic E-state index is -0.0215. The average Bonchev–Trinajstić information content (AvgIpc) is 3.20. The van der Waals surface area contributed by atoms with Crippen LogP contribution in [0.15, 0.2) is 30.3 Å². The first-order chi connectivity index (χ1) is 13.2. The van der Waals surface area contributed by atoms with Crippen molar-refractivity contribution in [3.05, 3.63) is 47.4 Å². The molecule has 5 nitrogen and oxygen atoms in total. The highest BCUT2D eigenvalue weighted by atomic mass is 16.5. The molecule has 144 valence electrons. The molecule has 1 aliphatic heterocycles. The SMILES string of the molecule is CCc1cc(-c2ccc(C(=O)NCCCC[C@@H]3CCCO3)cc2)nc(C)n1. The molecule has 2 heterocycles. The highest BCUT2D eigenvalue weighted by Crippen LogP contribution is 2.19. The summed E-state index contributed by atoms with van der Waals surface area (Å²) >= 11 is 0. The molecule has 3 rings (SSSR count). The number of unbranched alkanes of at least 4 members (excludes halogenated alkanes) is 1. The smallest absolute Gasteiger partial charge is 0.251 e. The van der Waals surface area contributed by atoms with Gasteiger partial charge >= 0.3 is 0 Å². The zero-order valence-electron chi connectivity index (χ0n) is 16.3. The Morgan fingerprint density at radius 3 is 2.74 bits per heavy atom. The second-order valence-electron chi connectivity index (χ2n) is 7.11. The summed E-state index contributed by atoms with van der Waals surface area (Å²) in [6.45, 7) is 5.60. The topological polar surface area (TPSA) is 64.1 Å². The third kappa shape index (κ3) is 5.60. The highest BCUT2D eigenvalue weighted by molar-refractivity contribution is 5.94. The van der Waals surface area contributed by atoms with Gasteiger partial charge in [-0.3, -0.25) is 4.79 Å². The fourth-order valence-corrected chi connectivity index (χ4v) is 3.42. The fourth-order valence-electron chi connectivity index (χ4n) is 3.42. The molecule has 0 radical (unpaired) electrons. The van der Waals surface area contributed by atoms with Gasteiger partial charge in [0, 0.05) is 30.0 Å². The number of carbonyl (C=O) groups excluding carboxylic acids is 1. The van der Waals surface area contributed by atoms with E-state index in [9.17, 15) is 4.79 Å². The van der Waals surface area contributed by atoms with E-state index in [0.717, 1.165) is 55.1 Å². The summed E-state index contributed by atoms with van der Waals surface area (Å²) in [7, 11) is 0. The molecule has 1 saturated heterocycles. The number of carbonyl (C=O) groups is 1. The first-order valence-electron chi connectivity index (χ1n) is 10.0. The van der Waals surface area contributed by atoms with Crippen molar-refractivity contribution in [2.75, 3.05) is 13.2 Å². The molecule has 0 aliphatic carbocycles. The van der Waals surface area contributed by atoms with E-state index in [-0.39, 0.29) is 5.91 Å². The molecule has 1 amide bonds. The summed E-state index contributed by atoms with van der Waals surface area (Å²) in [5.41, 5.74) is 3.62. The molecule has 2 aromatic rings. The lowest BCUT2D eigenvalue weighted by Crippen LogP contribution is -2.24. The Labute approximate surface area is 161 Å². The fraction of sp³-hybridized carbons (Fsp3) is 0.500. The quantitative estimate of drug-likeness (QED) is 0.714. The Bertz CT molecular complexity index is 753. The normalized spacial score (nSPS) is 16.4. The summed E-state index contributed by atoms with van der Waals surface area (Å²) in [5.74, 6) is 0.751. The molecule has 0 unspecified atom stereocenters. The predicted octanol–water partition coefficient (Wildman–Crippen LogP) is 4.09. The molecular weight excluding hydrogens is 338 g/mol. The zero-order chi connectivity index (χ0) is 19.1. The van der Waals surface area contributed by atoms with Crippen LogP contribution in [0.3, 0.4) is 0 Å². The molecule has 0 spiro atoms.